The molecule has 0 spiro atoms. The van der Waals surface area contributed by atoms with Gasteiger partial charge in [-0.25, -0.2) is 0 Å². The van der Waals surface area contributed by atoms with Gasteiger partial charge in [0.2, 0.25) is 0 Å². The molecule has 2 nitrogen and oxygen atoms in total. The lowest BCUT2D eigenvalue weighted by Gasteiger charge is -2.03. The van der Waals surface area contributed by atoms with Gasteiger partial charge in [-0.3, -0.25) is 4.79 Å². The highest BCUT2D eigenvalue weighted by molar-refractivity contribution is 5.74. The highest BCUT2D eigenvalue weighted by Crippen LogP contribution is 2.27. The Kier molecular flexibility index (Phi) is 2.99. The molecule has 0 atom stereocenters. The van der Waals surface area contributed by atoms with Crippen LogP contribution in [0.25, 0.3) is 22.5 Å². The molecule has 3 rings (SSSR count). The molecular formula is C17H12O2. The van der Waals surface area contributed by atoms with E-state index in [0.717, 1.165) is 16.7 Å². The lowest BCUT2D eigenvalue weighted by molar-refractivity contribution is 0.110. The maximum absolute atomic E-state index is 10.6. The topological polar surface area (TPSA) is 30.2 Å². The van der Waals surface area contributed by atoms with Crippen LogP contribution in [0.2, 0.25) is 0 Å². The molecule has 2 heteroatoms. The maximum Gasteiger partial charge on any atom is 0.185 e. The first-order chi connectivity index (χ1) is 9.36. The van der Waals surface area contributed by atoms with Crippen molar-refractivity contribution in [2.24, 2.45) is 0 Å². The number of hydrogen-bond acceptors (Lipinski definition) is 2. The molecule has 92 valence electrons. The first-order valence-electron chi connectivity index (χ1n) is 6.08. The Balaban J connectivity index is 2.02. The van der Waals surface area contributed by atoms with E-state index in [4.69, 9.17) is 4.42 Å². The molecule has 3 aromatic rings. The Morgan fingerprint density at radius 3 is 2.21 bits per heavy atom. The van der Waals surface area contributed by atoms with Crippen molar-refractivity contribution >= 4 is 6.29 Å². The van der Waals surface area contributed by atoms with Crippen LogP contribution < -0.4 is 0 Å². The average molecular weight is 248 g/mol. The molecule has 0 aliphatic rings. The van der Waals surface area contributed by atoms with Gasteiger partial charge >= 0.3 is 0 Å². The standard InChI is InChI=1S/C17H12O2/c18-12-16-9-10-17(19-16)15-8-4-7-14(11-15)13-5-2-1-3-6-13/h1-12H. The van der Waals surface area contributed by atoms with E-state index in [2.05, 4.69) is 24.3 Å². The molecule has 19 heavy (non-hydrogen) atoms. The number of rotatable bonds is 3. The first kappa shape index (κ1) is 11.5. The van der Waals surface area contributed by atoms with Crippen LogP contribution in [-0.4, -0.2) is 6.29 Å². The molecule has 0 fully saturated rings. The van der Waals surface area contributed by atoms with Crippen molar-refractivity contribution in [1.29, 1.82) is 0 Å². The molecule has 0 bridgehead atoms. The zero-order valence-electron chi connectivity index (χ0n) is 10.2. The van der Waals surface area contributed by atoms with Crippen LogP contribution in [0.1, 0.15) is 10.6 Å². The van der Waals surface area contributed by atoms with Crippen molar-refractivity contribution in [3.63, 3.8) is 0 Å². The minimum Gasteiger partial charge on any atom is -0.453 e. The van der Waals surface area contributed by atoms with Crippen LogP contribution in [-0.2, 0) is 0 Å². The van der Waals surface area contributed by atoms with Crippen LogP contribution in [0, 0.1) is 0 Å². The number of carbonyl (C=O) groups is 1. The minimum absolute atomic E-state index is 0.347. The number of benzene rings is 2. The van der Waals surface area contributed by atoms with Crippen LogP contribution in [0.4, 0.5) is 0 Å². The second kappa shape index (κ2) is 4.94. The molecule has 0 unspecified atom stereocenters. The van der Waals surface area contributed by atoms with Gasteiger partial charge in [-0.15, -0.1) is 0 Å². The van der Waals surface area contributed by atoms with E-state index in [9.17, 15) is 4.79 Å². The van der Waals surface area contributed by atoms with Crippen molar-refractivity contribution in [2.75, 3.05) is 0 Å². The quantitative estimate of drug-likeness (QED) is 0.642. The van der Waals surface area contributed by atoms with Gasteiger partial charge in [0.25, 0.3) is 0 Å². The molecule has 0 N–H and O–H groups in total. The Morgan fingerprint density at radius 2 is 1.47 bits per heavy atom. The van der Waals surface area contributed by atoms with Gasteiger partial charge in [-0.2, -0.15) is 0 Å². The van der Waals surface area contributed by atoms with E-state index < -0.39 is 0 Å². The summed E-state index contributed by atoms with van der Waals surface area (Å²) in [5.41, 5.74) is 3.25. The zero-order chi connectivity index (χ0) is 13.1. The summed E-state index contributed by atoms with van der Waals surface area (Å²) in [5.74, 6) is 1.06. The third-order valence-electron chi connectivity index (χ3n) is 3.00. The van der Waals surface area contributed by atoms with Crippen LogP contribution in [0.5, 0.6) is 0 Å². The summed E-state index contributed by atoms with van der Waals surface area (Å²) < 4.78 is 5.44. The number of furan rings is 1. The zero-order valence-corrected chi connectivity index (χ0v) is 10.2. The van der Waals surface area contributed by atoms with Crippen molar-refractivity contribution in [3.8, 4) is 22.5 Å². The molecule has 1 aromatic heterocycles. The van der Waals surface area contributed by atoms with Gasteiger partial charge in [0.1, 0.15) is 5.76 Å². The van der Waals surface area contributed by atoms with E-state index in [1.807, 2.05) is 36.4 Å². The summed E-state index contributed by atoms with van der Waals surface area (Å²) in [6, 6.07) is 21.7. The maximum atomic E-state index is 10.6. The van der Waals surface area contributed by atoms with Crippen molar-refractivity contribution in [3.05, 3.63) is 72.5 Å². The summed E-state index contributed by atoms with van der Waals surface area (Å²) in [5, 5.41) is 0. The normalized spacial score (nSPS) is 10.3. The van der Waals surface area contributed by atoms with Crippen LogP contribution >= 0.6 is 0 Å². The van der Waals surface area contributed by atoms with Gasteiger partial charge < -0.3 is 4.42 Å². The van der Waals surface area contributed by atoms with E-state index in [-0.39, 0.29) is 0 Å². The molecular weight excluding hydrogens is 236 g/mol. The molecule has 0 aliphatic carbocycles. The van der Waals surface area contributed by atoms with E-state index in [1.165, 1.54) is 0 Å². The second-order valence-corrected chi connectivity index (χ2v) is 4.27. The lowest BCUT2D eigenvalue weighted by atomic mass is 10.0. The molecule has 0 saturated carbocycles. The van der Waals surface area contributed by atoms with Crippen LogP contribution in [0.15, 0.2) is 71.1 Å². The van der Waals surface area contributed by atoms with Gasteiger partial charge in [0.15, 0.2) is 12.0 Å². The molecule has 0 saturated heterocycles. The first-order valence-corrected chi connectivity index (χ1v) is 6.08. The minimum atomic E-state index is 0.347. The summed E-state index contributed by atoms with van der Waals surface area (Å²) in [4.78, 5) is 10.6. The third-order valence-corrected chi connectivity index (χ3v) is 3.00. The molecule has 2 aromatic carbocycles. The predicted octanol–water partition coefficient (Wildman–Crippen LogP) is 4.43. The predicted molar refractivity (Wildman–Crippen MR) is 75.0 cm³/mol. The highest BCUT2D eigenvalue weighted by Gasteiger charge is 2.05. The summed E-state index contributed by atoms with van der Waals surface area (Å²) in [7, 11) is 0. The Labute approximate surface area is 111 Å². The van der Waals surface area contributed by atoms with E-state index in [0.29, 0.717) is 17.8 Å². The van der Waals surface area contributed by atoms with Gasteiger partial charge in [-0.1, -0.05) is 48.5 Å². The average Bonchev–Trinajstić information content (AvgIpc) is 2.97. The summed E-state index contributed by atoms with van der Waals surface area (Å²) >= 11 is 0. The monoisotopic (exact) mass is 248 g/mol. The van der Waals surface area contributed by atoms with Gasteiger partial charge in [0, 0.05) is 5.56 Å². The fraction of sp³-hybridized carbons (Fsp3) is 0. The molecule has 1 heterocycles. The number of aldehydes is 1. The molecule has 0 amide bonds. The fourth-order valence-electron chi connectivity index (χ4n) is 2.05. The van der Waals surface area contributed by atoms with Crippen LogP contribution in [0.3, 0.4) is 0 Å². The SMILES string of the molecule is O=Cc1ccc(-c2cccc(-c3ccccc3)c2)o1. The molecule has 0 aliphatic heterocycles. The third kappa shape index (κ3) is 2.33. The smallest absolute Gasteiger partial charge is 0.185 e. The molecule has 0 radical (unpaired) electrons. The summed E-state index contributed by atoms with van der Waals surface area (Å²) in [6.07, 6.45) is 0.713. The van der Waals surface area contributed by atoms with Gasteiger partial charge in [-0.05, 0) is 29.3 Å². The highest BCUT2D eigenvalue weighted by atomic mass is 16.3. The summed E-state index contributed by atoms with van der Waals surface area (Å²) in [6.45, 7) is 0. The Bertz CT molecular complexity index is 696. The van der Waals surface area contributed by atoms with E-state index >= 15 is 0 Å². The lowest BCUT2D eigenvalue weighted by Crippen LogP contribution is -1.79. The van der Waals surface area contributed by atoms with Crippen molar-refractivity contribution in [2.45, 2.75) is 0 Å². The Morgan fingerprint density at radius 1 is 0.737 bits per heavy atom. The van der Waals surface area contributed by atoms with Gasteiger partial charge in [0.05, 0.1) is 0 Å². The van der Waals surface area contributed by atoms with Crippen molar-refractivity contribution < 1.29 is 9.21 Å². The largest absolute Gasteiger partial charge is 0.453 e. The van der Waals surface area contributed by atoms with E-state index in [1.54, 1.807) is 6.07 Å². The number of hydrogen-bond donors (Lipinski definition) is 0. The Hall–Kier alpha value is -2.61. The fourth-order valence-corrected chi connectivity index (χ4v) is 2.05. The number of carbonyl (C=O) groups excluding carboxylic acids is 1. The van der Waals surface area contributed by atoms with Crippen molar-refractivity contribution in [1.82, 2.24) is 0 Å². The second-order valence-electron chi connectivity index (χ2n) is 4.27.